The van der Waals surface area contributed by atoms with Gasteiger partial charge in [-0.05, 0) is 19.3 Å². The number of aromatic nitrogens is 2. The van der Waals surface area contributed by atoms with E-state index in [9.17, 15) is 5.11 Å². The van der Waals surface area contributed by atoms with E-state index in [1.807, 2.05) is 0 Å². The maximum absolute atomic E-state index is 10.3. The Morgan fingerprint density at radius 3 is 2.17 bits per heavy atom. The van der Waals surface area contributed by atoms with Crippen LogP contribution in [0.4, 0.5) is 11.6 Å². The summed E-state index contributed by atoms with van der Waals surface area (Å²) >= 11 is 0. The van der Waals surface area contributed by atoms with Crippen molar-refractivity contribution in [2.24, 2.45) is 0 Å². The molecule has 7 heteroatoms. The number of nitrogens with zero attached hydrogens (tertiary/aromatic N) is 5. The Labute approximate surface area is 143 Å². The van der Waals surface area contributed by atoms with Crippen molar-refractivity contribution in [1.82, 2.24) is 14.9 Å². The lowest BCUT2D eigenvalue weighted by Gasteiger charge is -2.43. The predicted octanol–water partition coefficient (Wildman–Crippen LogP) is 0.350. The molecule has 132 valence electrons. The van der Waals surface area contributed by atoms with Gasteiger partial charge in [-0.15, -0.1) is 0 Å². The van der Waals surface area contributed by atoms with Crippen LogP contribution in [0.1, 0.15) is 19.3 Å². The fourth-order valence-corrected chi connectivity index (χ4v) is 3.77. The number of aliphatic hydroxyl groups is 1. The van der Waals surface area contributed by atoms with E-state index in [0.29, 0.717) is 0 Å². The van der Waals surface area contributed by atoms with Gasteiger partial charge < -0.3 is 19.6 Å². The molecule has 1 saturated carbocycles. The van der Waals surface area contributed by atoms with E-state index in [2.05, 4.69) is 30.7 Å². The molecule has 2 saturated heterocycles. The third-order valence-electron chi connectivity index (χ3n) is 5.47. The van der Waals surface area contributed by atoms with Crippen molar-refractivity contribution in [2.75, 3.05) is 68.8 Å². The molecule has 0 atom stereocenters. The highest BCUT2D eigenvalue weighted by atomic mass is 16.5. The zero-order valence-corrected chi connectivity index (χ0v) is 14.2. The quantitative estimate of drug-likeness (QED) is 0.853. The average molecular weight is 333 g/mol. The zero-order chi connectivity index (χ0) is 16.4. The summed E-state index contributed by atoms with van der Waals surface area (Å²) < 4.78 is 5.41. The highest BCUT2D eigenvalue weighted by Gasteiger charge is 2.36. The number of rotatable bonds is 4. The SMILES string of the molecule is OC1(CN2CCN(c3cc(N4CCOCC4)ncn3)CC2)CCC1. The van der Waals surface area contributed by atoms with Crippen LogP contribution in [0, 0.1) is 0 Å². The normalized spacial score (nSPS) is 24.7. The van der Waals surface area contributed by atoms with E-state index >= 15 is 0 Å². The summed E-state index contributed by atoms with van der Waals surface area (Å²) in [7, 11) is 0. The fraction of sp³-hybridized carbons (Fsp3) is 0.765. The van der Waals surface area contributed by atoms with Crippen molar-refractivity contribution >= 4 is 11.6 Å². The molecule has 0 radical (unpaired) electrons. The summed E-state index contributed by atoms with van der Waals surface area (Å²) in [5.41, 5.74) is -0.416. The second-order valence-corrected chi connectivity index (χ2v) is 7.17. The minimum atomic E-state index is -0.416. The van der Waals surface area contributed by atoms with Crippen molar-refractivity contribution < 1.29 is 9.84 Å². The Kier molecular flexibility index (Phi) is 4.56. The largest absolute Gasteiger partial charge is 0.389 e. The van der Waals surface area contributed by atoms with Gasteiger partial charge in [0.15, 0.2) is 0 Å². The molecule has 0 aromatic carbocycles. The van der Waals surface area contributed by atoms with E-state index in [-0.39, 0.29) is 0 Å². The molecule has 0 unspecified atom stereocenters. The standard InChI is InChI=1S/C17H27N5O2/c23-17(2-1-3-17)13-20-4-6-21(7-5-20)15-12-16(19-14-18-15)22-8-10-24-11-9-22/h12,14,23H,1-11,13H2. The number of hydrogen-bond acceptors (Lipinski definition) is 7. The predicted molar refractivity (Wildman–Crippen MR) is 92.5 cm³/mol. The Morgan fingerprint density at radius 2 is 1.58 bits per heavy atom. The van der Waals surface area contributed by atoms with Crippen LogP contribution in [0.2, 0.25) is 0 Å². The minimum absolute atomic E-state index is 0.416. The molecule has 1 aromatic heterocycles. The highest BCUT2D eigenvalue weighted by Crippen LogP contribution is 2.32. The van der Waals surface area contributed by atoms with Crippen LogP contribution in [0.5, 0.6) is 0 Å². The van der Waals surface area contributed by atoms with Crippen LogP contribution in [-0.2, 0) is 4.74 Å². The lowest BCUT2D eigenvalue weighted by atomic mass is 9.80. The molecule has 1 N–H and O–H groups in total. The van der Waals surface area contributed by atoms with Crippen LogP contribution in [0.25, 0.3) is 0 Å². The third-order valence-corrected chi connectivity index (χ3v) is 5.47. The van der Waals surface area contributed by atoms with Gasteiger partial charge in [-0.3, -0.25) is 4.90 Å². The van der Waals surface area contributed by atoms with Crippen LogP contribution in [-0.4, -0.2) is 84.6 Å². The fourth-order valence-electron chi connectivity index (χ4n) is 3.77. The first-order valence-electron chi connectivity index (χ1n) is 9.06. The van der Waals surface area contributed by atoms with E-state index in [0.717, 1.165) is 83.5 Å². The first kappa shape index (κ1) is 16.1. The minimum Gasteiger partial charge on any atom is -0.389 e. The Hall–Kier alpha value is -1.44. The van der Waals surface area contributed by atoms with Crippen LogP contribution in [0.3, 0.4) is 0 Å². The van der Waals surface area contributed by atoms with Crippen LogP contribution in [0.15, 0.2) is 12.4 Å². The molecule has 0 bridgehead atoms. The molecular formula is C17H27N5O2. The van der Waals surface area contributed by atoms with Gasteiger partial charge in [0.05, 0.1) is 18.8 Å². The maximum Gasteiger partial charge on any atom is 0.134 e. The second-order valence-electron chi connectivity index (χ2n) is 7.17. The third kappa shape index (κ3) is 3.48. The molecule has 0 spiro atoms. The summed E-state index contributed by atoms with van der Waals surface area (Å²) in [6.45, 7) is 8.01. The molecule has 2 aliphatic heterocycles. The van der Waals surface area contributed by atoms with Gasteiger partial charge >= 0.3 is 0 Å². The van der Waals surface area contributed by atoms with Crippen LogP contribution < -0.4 is 9.80 Å². The van der Waals surface area contributed by atoms with Crippen molar-refractivity contribution in [1.29, 1.82) is 0 Å². The molecule has 24 heavy (non-hydrogen) atoms. The van der Waals surface area contributed by atoms with Crippen molar-refractivity contribution in [3.63, 3.8) is 0 Å². The topological polar surface area (TPSA) is 65.0 Å². The summed E-state index contributed by atoms with van der Waals surface area (Å²) in [4.78, 5) is 15.9. The van der Waals surface area contributed by atoms with Gasteiger partial charge in [-0.1, -0.05) is 0 Å². The van der Waals surface area contributed by atoms with Gasteiger partial charge in [-0.2, -0.15) is 0 Å². The van der Waals surface area contributed by atoms with Gasteiger partial charge in [0.2, 0.25) is 0 Å². The first-order valence-corrected chi connectivity index (χ1v) is 9.06. The second kappa shape index (κ2) is 6.82. The lowest BCUT2D eigenvalue weighted by molar-refractivity contribution is -0.0594. The summed E-state index contributed by atoms with van der Waals surface area (Å²) in [6, 6.07) is 2.10. The van der Waals surface area contributed by atoms with Crippen molar-refractivity contribution in [3.8, 4) is 0 Å². The maximum atomic E-state index is 10.3. The van der Waals surface area contributed by atoms with Gasteiger partial charge in [0, 0.05) is 51.9 Å². The number of piperazine rings is 1. The molecule has 0 amide bonds. The van der Waals surface area contributed by atoms with E-state index in [4.69, 9.17) is 4.74 Å². The average Bonchev–Trinajstić information content (AvgIpc) is 2.62. The molecule has 3 aliphatic rings. The smallest absolute Gasteiger partial charge is 0.134 e. The molecule has 3 heterocycles. The molecule has 3 fully saturated rings. The monoisotopic (exact) mass is 333 g/mol. The first-order chi connectivity index (χ1) is 11.7. The van der Waals surface area contributed by atoms with Crippen molar-refractivity contribution in [2.45, 2.75) is 24.9 Å². The Morgan fingerprint density at radius 1 is 0.958 bits per heavy atom. The number of morpholine rings is 1. The number of ether oxygens (including phenoxy) is 1. The number of β-amino-alcohol motifs (C(OH)–C–C–N with tert-alkyl or cyclic N) is 1. The number of anilines is 2. The van der Waals surface area contributed by atoms with E-state index < -0.39 is 5.60 Å². The molecule has 4 rings (SSSR count). The summed E-state index contributed by atoms with van der Waals surface area (Å²) in [5.74, 6) is 2.00. The van der Waals surface area contributed by atoms with Crippen molar-refractivity contribution in [3.05, 3.63) is 12.4 Å². The highest BCUT2D eigenvalue weighted by molar-refractivity contribution is 5.50. The van der Waals surface area contributed by atoms with Gasteiger partial charge in [0.1, 0.15) is 18.0 Å². The van der Waals surface area contributed by atoms with Crippen LogP contribution >= 0.6 is 0 Å². The lowest BCUT2D eigenvalue weighted by Crippen LogP contribution is -2.54. The Bertz CT molecular complexity index is 552. The molecule has 7 nitrogen and oxygen atoms in total. The van der Waals surface area contributed by atoms with Gasteiger partial charge in [0.25, 0.3) is 0 Å². The molecular weight excluding hydrogens is 306 g/mol. The Balaban J connectivity index is 1.35. The zero-order valence-electron chi connectivity index (χ0n) is 14.2. The van der Waals surface area contributed by atoms with E-state index in [1.54, 1.807) is 6.33 Å². The number of hydrogen-bond donors (Lipinski definition) is 1. The summed E-state index contributed by atoms with van der Waals surface area (Å²) in [5, 5.41) is 10.3. The van der Waals surface area contributed by atoms with E-state index in [1.165, 1.54) is 6.42 Å². The summed E-state index contributed by atoms with van der Waals surface area (Å²) in [6.07, 6.45) is 4.76. The molecule has 1 aromatic rings. The molecule has 1 aliphatic carbocycles. The van der Waals surface area contributed by atoms with Gasteiger partial charge in [-0.25, -0.2) is 9.97 Å².